The Kier molecular flexibility index (Phi) is 1.89. The van der Waals surface area contributed by atoms with Gasteiger partial charge in [-0.05, 0) is 19.9 Å². The summed E-state index contributed by atoms with van der Waals surface area (Å²) in [7, 11) is 1.96. The first-order chi connectivity index (χ1) is 6.80. The van der Waals surface area contributed by atoms with Gasteiger partial charge in [0.05, 0.1) is 25.2 Å². The van der Waals surface area contributed by atoms with Gasteiger partial charge in [-0.2, -0.15) is 0 Å². The van der Waals surface area contributed by atoms with E-state index in [-0.39, 0.29) is 5.41 Å². The van der Waals surface area contributed by atoms with Gasteiger partial charge in [0.25, 0.3) is 5.97 Å². The molecule has 4 fully saturated rings. The van der Waals surface area contributed by atoms with E-state index in [1.165, 1.54) is 0 Å². The van der Waals surface area contributed by atoms with Gasteiger partial charge in [0.15, 0.2) is 0 Å². The van der Waals surface area contributed by atoms with Crippen molar-refractivity contribution in [2.75, 3.05) is 33.4 Å². The Bertz CT molecular complexity index is 218. The molecule has 3 heterocycles. The first-order valence-electron chi connectivity index (χ1n) is 5.37. The van der Waals surface area contributed by atoms with E-state index in [0.29, 0.717) is 5.92 Å². The molecule has 1 N–H and O–H groups in total. The van der Waals surface area contributed by atoms with Gasteiger partial charge in [0, 0.05) is 12.5 Å². The predicted molar refractivity (Wildman–Crippen MR) is 49.7 cm³/mol. The Labute approximate surface area is 83.9 Å². The molecule has 0 spiro atoms. The van der Waals surface area contributed by atoms with Crippen LogP contribution in [0, 0.1) is 11.3 Å². The van der Waals surface area contributed by atoms with Crippen molar-refractivity contribution in [2.45, 2.75) is 18.8 Å². The number of ether oxygens (including phenoxy) is 3. The fourth-order valence-electron chi connectivity index (χ4n) is 2.49. The molecular weight excluding hydrogens is 182 g/mol. The Morgan fingerprint density at radius 1 is 1.14 bits per heavy atom. The van der Waals surface area contributed by atoms with Crippen LogP contribution in [0.3, 0.4) is 0 Å². The molecule has 0 aromatic heterocycles. The number of rotatable bonds is 3. The molecule has 80 valence electrons. The standard InChI is InChI=1S/C10H17NO3/c1-11-7-9(2-3-9)10-12-4-8(5-13-10)6-14-10/h8,11H,2-7H2,1H3. The highest BCUT2D eigenvalue weighted by molar-refractivity contribution is 5.04. The van der Waals surface area contributed by atoms with Gasteiger partial charge >= 0.3 is 0 Å². The van der Waals surface area contributed by atoms with E-state index >= 15 is 0 Å². The highest BCUT2D eigenvalue weighted by atomic mass is 16.9. The summed E-state index contributed by atoms with van der Waals surface area (Å²) in [4.78, 5) is 0. The Morgan fingerprint density at radius 2 is 1.71 bits per heavy atom. The normalized spacial score (nSPS) is 43.9. The van der Waals surface area contributed by atoms with Gasteiger partial charge in [0.1, 0.15) is 0 Å². The molecule has 1 saturated carbocycles. The summed E-state index contributed by atoms with van der Waals surface area (Å²) in [5, 5.41) is 3.20. The van der Waals surface area contributed by atoms with Crippen LogP contribution in [0.15, 0.2) is 0 Å². The largest absolute Gasteiger partial charge is 0.327 e. The van der Waals surface area contributed by atoms with Gasteiger partial charge in [-0.15, -0.1) is 0 Å². The molecule has 0 atom stereocenters. The summed E-state index contributed by atoms with van der Waals surface area (Å²) in [6, 6.07) is 0. The van der Waals surface area contributed by atoms with Crippen LogP contribution in [0.5, 0.6) is 0 Å². The maximum Gasteiger partial charge on any atom is 0.290 e. The molecule has 14 heavy (non-hydrogen) atoms. The third kappa shape index (κ3) is 1.08. The summed E-state index contributed by atoms with van der Waals surface area (Å²) in [5.41, 5.74) is 0.0765. The van der Waals surface area contributed by atoms with Crippen LogP contribution < -0.4 is 5.32 Å². The van der Waals surface area contributed by atoms with Crippen molar-refractivity contribution in [3.8, 4) is 0 Å². The topological polar surface area (TPSA) is 39.7 Å². The SMILES string of the molecule is CNCC1(C23OCC(CO2)CO3)CC1. The van der Waals surface area contributed by atoms with Crippen molar-refractivity contribution in [3.05, 3.63) is 0 Å². The molecule has 0 unspecified atom stereocenters. The molecule has 2 bridgehead atoms. The fourth-order valence-corrected chi connectivity index (χ4v) is 2.49. The Hall–Kier alpha value is -0.160. The number of fused-ring (bicyclic) bond motifs is 3. The first kappa shape index (κ1) is 9.09. The maximum atomic E-state index is 5.76. The zero-order chi connectivity index (χ0) is 9.65. The van der Waals surface area contributed by atoms with Gasteiger partial charge < -0.3 is 19.5 Å². The minimum atomic E-state index is -0.717. The second kappa shape index (κ2) is 2.92. The molecule has 0 radical (unpaired) electrons. The highest BCUT2D eigenvalue weighted by Crippen LogP contribution is 2.58. The molecule has 4 rings (SSSR count). The molecule has 3 saturated heterocycles. The Morgan fingerprint density at radius 3 is 2.14 bits per heavy atom. The molecule has 4 aliphatic rings. The molecule has 4 nitrogen and oxygen atoms in total. The van der Waals surface area contributed by atoms with Crippen LogP contribution in [0.25, 0.3) is 0 Å². The van der Waals surface area contributed by atoms with Crippen LogP contribution in [0.1, 0.15) is 12.8 Å². The van der Waals surface area contributed by atoms with Crippen molar-refractivity contribution in [1.29, 1.82) is 0 Å². The van der Waals surface area contributed by atoms with Crippen LogP contribution in [-0.4, -0.2) is 39.4 Å². The van der Waals surface area contributed by atoms with E-state index < -0.39 is 5.97 Å². The van der Waals surface area contributed by atoms with Crippen molar-refractivity contribution < 1.29 is 14.2 Å². The third-order valence-electron chi connectivity index (χ3n) is 3.55. The minimum Gasteiger partial charge on any atom is -0.327 e. The fraction of sp³-hybridized carbons (Fsp3) is 1.00. The first-order valence-corrected chi connectivity index (χ1v) is 5.37. The van der Waals surface area contributed by atoms with Crippen LogP contribution in [0.2, 0.25) is 0 Å². The van der Waals surface area contributed by atoms with Crippen molar-refractivity contribution in [1.82, 2.24) is 5.32 Å². The maximum absolute atomic E-state index is 5.76. The lowest BCUT2D eigenvalue weighted by Gasteiger charge is -2.49. The molecule has 0 amide bonds. The monoisotopic (exact) mass is 199 g/mol. The quantitative estimate of drug-likeness (QED) is 0.711. The summed E-state index contributed by atoms with van der Waals surface area (Å²) in [6.07, 6.45) is 2.27. The molecule has 3 aliphatic heterocycles. The van der Waals surface area contributed by atoms with Gasteiger partial charge in [-0.25, -0.2) is 0 Å². The van der Waals surface area contributed by atoms with Crippen LogP contribution in [-0.2, 0) is 14.2 Å². The van der Waals surface area contributed by atoms with Gasteiger partial charge in [-0.3, -0.25) is 0 Å². The van der Waals surface area contributed by atoms with E-state index in [9.17, 15) is 0 Å². The van der Waals surface area contributed by atoms with Gasteiger partial charge in [-0.1, -0.05) is 0 Å². The molecule has 4 heteroatoms. The molecule has 0 aromatic carbocycles. The second-order valence-electron chi connectivity index (χ2n) is 4.67. The average molecular weight is 199 g/mol. The minimum absolute atomic E-state index is 0.0765. The lowest BCUT2D eigenvalue weighted by molar-refractivity contribution is -0.473. The van der Waals surface area contributed by atoms with Crippen LogP contribution in [0.4, 0.5) is 0 Å². The van der Waals surface area contributed by atoms with Crippen LogP contribution >= 0.6 is 0 Å². The average Bonchev–Trinajstić information content (AvgIpc) is 3.03. The van der Waals surface area contributed by atoms with E-state index in [1.54, 1.807) is 0 Å². The number of hydrogen-bond donors (Lipinski definition) is 1. The van der Waals surface area contributed by atoms with E-state index in [0.717, 1.165) is 39.2 Å². The predicted octanol–water partition coefficient (Wildman–Crippen LogP) is 0.333. The molecule has 1 aliphatic carbocycles. The summed E-state index contributed by atoms with van der Waals surface area (Å²) in [5.74, 6) is -0.271. The number of hydrogen-bond acceptors (Lipinski definition) is 4. The summed E-state index contributed by atoms with van der Waals surface area (Å²) in [6.45, 7) is 3.31. The second-order valence-corrected chi connectivity index (χ2v) is 4.67. The summed E-state index contributed by atoms with van der Waals surface area (Å²) >= 11 is 0. The van der Waals surface area contributed by atoms with E-state index in [2.05, 4.69) is 5.32 Å². The van der Waals surface area contributed by atoms with E-state index in [4.69, 9.17) is 14.2 Å². The lowest BCUT2D eigenvalue weighted by atomic mass is 10.00. The number of nitrogens with one attached hydrogen (secondary N) is 1. The van der Waals surface area contributed by atoms with Crippen molar-refractivity contribution in [2.24, 2.45) is 11.3 Å². The van der Waals surface area contributed by atoms with Crippen molar-refractivity contribution in [3.63, 3.8) is 0 Å². The zero-order valence-electron chi connectivity index (χ0n) is 8.54. The summed E-state index contributed by atoms with van der Waals surface area (Å²) < 4.78 is 17.3. The van der Waals surface area contributed by atoms with Crippen molar-refractivity contribution >= 4 is 0 Å². The molecule has 0 aromatic rings. The zero-order valence-corrected chi connectivity index (χ0v) is 8.54. The third-order valence-corrected chi connectivity index (χ3v) is 3.55. The molecular formula is C10H17NO3. The van der Waals surface area contributed by atoms with Gasteiger partial charge in [0.2, 0.25) is 0 Å². The highest BCUT2D eigenvalue weighted by Gasteiger charge is 2.66. The Balaban J connectivity index is 1.81. The smallest absolute Gasteiger partial charge is 0.290 e. The lowest BCUT2D eigenvalue weighted by Crippen LogP contribution is -2.60. The van der Waals surface area contributed by atoms with E-state index in [1.807, 2.05) is 7.05 Å².